The molecular weight excluding hydrogens is 230 g/mol. The van der Waals surface area contributed by atoms with Gasteiger partial charge in [0.2, 0.25) is 0 Å². The van der Waals surface area contributed by atoms with Gasteiger partial charge in [0.05, 0.1) is 6.07 Å². The minimum absolute atomic E-state index is 0.446. The first-order valence-electron chi connectivity index (χ1n) is 4.04. The molecule has 1 rings (SSSR count). The van der Waals surface area contributed by atoms with Gasteiger partial charge in [-0.3, -0.25) is 0 Å². The summed E-state index contributed by atoms with van der Waals surface area (Å²) in [7, 11) is 0. The van der Waals surface area contributed by atoms with Gasteiger partial charge in [-0.1, -0.05) is 28.1 Å². The molecule has 1 aromatic rings. The molecule has 1 unspecified atom stereocenters. The first kappa shape index (κ1) is 10.2. The molecule has 13 heavy (non-hydrogen) atoms. The molecule has 0 aliphatic rings. The summed E-state index contributed by atoms with van der Waals surface area (Å²) in [6.07, 6.45) is -0.446. The summed E-state index contributed by atoms with van der Waals surface area (Å²) in [5.41, 5.74) is 0.896. The van der Waals surface area contributed by atoms with E-state index in [9.17, 15) is 0 Å². The Morgan fingerprint density at radius 2 is 2.08 bits per heavy atom. The molecule has 0 saturated carbocycles. The first-order valence-corrected chi connectivity index (χ1v) is 4.84. The van der Waals surface area contributed by atoms with E-state index in [2.05, 4.69) is 22.0 Å². The summed E-state index contributed by atoms with van der Waals surface area (Å²) >= 11 is 3.33. The van der Waals surface area contributed by atoms with Crippen LogP contribution in [0.4, 0.5) is 0 Å². The molecule has 3 heteroatoms. The lowest BCUT2D eigenvalue weighted by atomic mass is 10.1. The second kappa shape index (κ2) is 5.00. The van der Waals surface area contributed by atoms with Crippen molar-refractivity contribution < 1.29 is 4.74 Å². The predicted molar refractivity (Wildman–Crippen MR) is 54.1 cm³/mol. The summed E-state index contributed by atoms with van der Waals surface area (Å²) in [6.45, 7) is 2.43. The second-order valence-corrected chi connectivity index (χ2v) is 3.43. The third kappa shape index (κ3) is 2.83. The zero-order valence-electron chi connectivity index (χ0n) is 7.33. The minimum Gasteiger partial charge on any atom is -0.359 e. The van der Waals surface area contributed by atoms with Crippen molar-refractivity contribution in [2.75, 3.05) is 6.61 Å². The van der Waals surface area contributed by atoms with E-state index in [4.69, 9.17) is 10.00 Å². The number of ether oxygens (including phenoxy) is 1. The molecule has 0 spiro atoms. The zero-order chi connectivity index (χ0) is 9.68. The van der Waals surface area contributed by atoms with Crippen molar-refractivity contribution in [2.24, 2.45) is 0 Å². The molecular formula is C10H10BrNO. The van der Waals surface area contributed by atoms with Crippen LogP contribution >= 0.6 is 15.9 Å². The number of halogens is 1. The highest BCUT2D eigenvalue weighted by atomic mass is 79.9. The Labute approximate surface area is 86.3 Å². The zero-order valence-corrected chi connectivity index (χ0v) is 8.91. The van der Waals surface area contributed by atoms with Crippen LogP contribution in [0.25, 0.3) is 0 Å². The van der Waals surface area contributed by atoms with E-state index in [1.807, 2.05) is 31.2 Å². The maximum atomic E-state index is 8.79. The molecule has 68 valence electrons. The summed E-state index contributed by atoms with van der Waals surface area (Å²) < 4.78 is 6.24. The van der Waals surface area contributed by atoms with Crippen molar-refractivity contribution in [3.8, 4) is 6.07 Å². The monoisotopic (exact) mass is 239 g/mol. The van der Waals surface area contributed by atoms with Crippen LogP contribution in [0.2, 0.25) is 0 Å². The van der Waals surface area contributed by atoms with E-state index in [0.29, 0.717) is 6.61 Å². The van der Waals surface area contributed by atoms with Crippen molar-refractivity contribution in [1.82, 2.24) is 0 Å². The largest absolute Gasteiger partial charge is 0.359 e. The van der Waals surface area contributed by atoms with Crippen molar-refractivity contribution in [2.45, 2.75) is 13.0 Å². The fourth-order valence-electron chi connectivity index (χ4n) is 1.01. The number of rotatable bonds is 3. The van der Waals surface area contributed by atoms with Crippen LogP contribution in [0.5, 0.6) is 0 Å². The van der Waals surface area contributed by atoms with E-state index in [1.54, 1.807) is 0 Å². The van der Waals surface area contributed by atoms with Gasteiger partial charge in [0.15, 0.2) is 6.10 Å². The lowest BCUT2D eigenvalue weighted by molar-refractivity contribution is 0.102. The highest BCUT2D eigenvalue weighted by molar-refractivity contribution is 9.10. The Bertz CT molecular complexity index is 302. The summed E-state index contributed by atoms with van der Waals surface area (Å²) in [5, 5.41) is 8.79. The third-order valence-electron chi connectivity index (χ3n) is 1.62. The average Bonchev–Trinajstić information content (AvgIpc) is 2.16. The van der Waals surface area contributed by atoms with Gasteiger partial charge >= 0.3 is 0 Å². The third-order valence-corrected chi connectivity index (χ3v) is 2.15. The number of benzene rings is 1. The molecule has 0 heterocycles. The summed E-state index contributed by atoms with van der Waals surface area (Å²) in [6, 6.07) is 9.67. The fraction of sp³-hybridized carbons (Fsp3) is 0.300. The Morgan fingerprint density at radius 1 is 1.46 bits per heavy atom. The molecule has 0 aliphatic carbocycles. The Kier molecular flexibility index (Phi) is 3.94. The van der Waals surface area contributed by atoms with Crippen LogP contribution in [0.15, 0.2) is 28.7 Å². The molecule has 0 saturated heterocycles. The van der Waals surface area contributed by atoms with E-state index >= 15 is 0 Å². The number of hydrogen-bond donors (Lipinski definition) is 0. The lowest BCUT2D eigenvalue weighted by Crippen LogP contribution is -2.00. The smallest absolute Gasteiger partial charge is 0.169 e. The average molecular weight is 240 g/mol. The Morgan fingerprint density at radius 3 is 2.54 bits per heavy atom. The van der Waals surface area contributed by atoms with Crippen LogP contribution in [0.1, 0.15) is 18.6 Å². The van der Waals surface area contributed by atoms with Gasteiger partial charge < -0.3 is 4.74 Å². The summed E-state index contributed by atoms with van der Waals surface area (Å²) in [4.78, 5) is 0. The molecule has 0 radical (unpaired) electrons. The highest BCUT2D eigenvalue weighted by Crippen LogP contribution is 2.18. The molecule has 0 aliphatic heterocycles. The van der Waals surface area contributed by atoms with Gasteiger partial charge in [-0.05, 0) is 24.6 Å². The molecule has 0 aromatic heterocycles. The van der Waals surface area contributed by atoms with Gasteiger partial charge in [-0.15, -0.1) is 0 Å². The van der Waals surface area contributed by atoms with Crippen LogP contribution in [0, 0.1) is 11.3 Å². The highest BCUT2D eigenvalue weighted by Gasteiger charge is 2.08. The lowest BCUT2D eigenvalue weighted by Gasteiger charge is -2.08. The van der Waals surface area contributed by atoms with Gasteiger partial charge in [0, 0.05) is 11.1 Å². The van der Waals surface area contributed by atoms with Crippen LogP contribution < -0.4 is 0 Å². The number of nitriles is 1. The molecule has 0 fully saturated rings. The molecule has 1 atom stereocenters. The molecule has 2 nitrogen and oxygen atoms in total. The Hall–Kier alpha value is -0.850. The van der Waals surface area contributed by atoms with E-state index < -0.39 is 6.10 Å². The van der Waals surface area contributed by atoms with Crippen LogP contribution in [0.3, 0.4) is 0 Å². The second-order valence-electron chi connectivity index (χ2n) is 2.52. The van der Waals surface area contributed by atoms with Crippen molar-refractivity contribution in [1.29, 1.82) is 5.26 Å². The maximum Gasteiger partial charge on any atom is 0.169 e. The van der Waals surface area contributed by atoms with Crippen molar-refractivity contribution in [3.63, 3.8) is 0 Å². The topological polar surface area (TPSA) is 33.0 Å². The summed E-state index contributed by atoms with van der Waals surface area (Å²) in [5.74, 6) is 0. The fourth-order valence-corrected chi connectivity index (χ4v) is 1.28. The molecule has 0 amide bonds. The van der Waals surface area contributed by atoms with Gasteiger partial charge in [0.1, 0.15) is 0 Å². The predicted octanol–water partition coefficient (Wildman–Crippen LogP) is 3.05. The van der Waals surface area contributed by atoms with Gasteiger partial charge in [-0.25, -0.2) is 0 Å². The van der Waals surface area contributed by atoms with Gasteiger partial charge in [-0.2, -0.15) is 5.26 Å². The Balaban J connectivity index is 2.81. The normalized spacial score (nSPS) is 12.1. The van der Waals surface area contributed by atoms with E-state index in [-0.39, 0.29) is 0 Å². The first-order chi connectivity index (χ1) is 6.27. The number of nitrogens with zero attached hydrogens (tertiary/aromatic N) is 1. The molecule has 0 N–H and O–H groups in total. The standard InChI is InChI=1S/C10H10BrNO/c1-2-13-10(7-12)8-3-5-9(11)6-4-8/h3-6,10H,2H2,1H3. The van der Waals surface area contributed by atoms with Crippen molar-refractivity contribution in [3.05, 3.63) is 34.3 Å². The quantitative estimate of drug-likeness (QED) is 0.813. The van der Waals surface area contributed by atoms with Crippen LogP contribution in [-0.4, -0.2) is 6.61 Å². The molecule has 1 aromatic carbocycles. The van der Waals surface area contributed by atoms with Gasteiger partial charge in [0.25, 0.3) is 0 Å². The van der Waals surface area contributed by atoms with E-state index in [1.165, 1.54) is 0 Å². The minimum atomic E-state index is -0.446. The molecule has 0 bridgehead atoms. The SMILES string of the molecule is CCOC(C#N)c1ccc(Br)cc1. The maximum absolute atomic E-state index is 8.79. The number of hydrogen-bond acceptors (Lipinski definition) is 2. The van der Waals surface area contributed by atoms with Crippen molar-refractivity contribution >= 4 is 15.9 Å². The van der Waals surface area contributed by atoms with Crippen LogP contribution in [-0.2, 0) is 4.74 Å². The van der Waals surface area contributed by atoms with E-state index in [0.717, 1.165) is 10.0 Å².